The van der Waals surface area contributed by atoms with Crippen LogP contribution in [0.15, 0.2) is 48.4 Å². The van der Waals surface area contributed by atoms with Crippen molar-refractivity contribution in [2.75, 3.05) is 17.2 Å². The Kier molecular flexibility index (Phi) is 6.45. The van der Waals surface area contributed by atoms with E-state index in [4.69, 9.17) is 23.2 Å². The lowest BCUT2D eigenvalue weighted by molar-refractivity contribution is 0.260. The van der Waals surface area contributed by atoms with E-state index in [-0.39, 0.29) is 16.0 Å². The fraction of sp³-hybridized carbons (Fsp3) is 0.333. The summed E-state index contributed by atoms with van der Waals surface area (Å²) in [7, 11) is 0. The van der Waals surface area contributed by atoms with Crippen LogP contribution in [0.1, 0.15) is 52.1 Å². The van der Waals surface area contributed by atoms with Crippen LogP contribution in [0.5, 0.6) is 0 Å². The minimum Gasteiger partial charge on any atom is -0.383 e. The smallest absolute Gasteiger partial charge is 0.130 e. The second-order valence-corrected chi connectivity index (χ2v) is 11.3. The van der Waals surface area contributed by atoms with Crippen LogP contribution in [-0.4, -0.2) is 22.6 Å². The van der Waals surface area contributed by atoms with Crippen LogP contribution in [0.4, 0.5) is 15.8 Å². The first-order chi connectivity index (χ1) is 18.0. The Morgan fingerprint density at radius 2 is 2.08 bits per heavy atom. The summed E-state index contributed by atoms with van der Waals surface area (Å²) < 4.78 is 24.8. The third-order valence-electron chi connectivity index (χ3n) is 6.12. The molecule has 1 atom stereocenters. The summed E-state index contributed by atoms with van der Waals surface area (Å²) in [6, 6.07) is 8.38. The molecule has 0 bridgehead atoms. The molecule has 5 rings (SSSR count). The highest BCUT2D eigenvalue weighted by atomic mass is 35.5. The summed E-state index contributed by atoms with van der Waals surface area (Å²) in [4.78, 5) is 4.40. The number of nitrogens with one attached hydrogen (secondary N) is 4. The molecule has 1 aliphatic carbocycles. The van der Waals surface area contributed by atoms with Crippen LogP contribution in [-0.2, 0) is 0 Å². The van der Waals surface area contributed by atoms with Crippen molar-refractivity contribution in [2.45, 2.75) is 45.7 Å². The van der Waals surface area contributed by atoms with E-state index in [0.717, 1.165) is 12.8 Å². The average Bonchev–Trinajstić information content (AvgIpc) is 3.57. The topological polar surface area (TPSA) is 88.0 Å². The summed E-state index contributed by atoms with van der Waals surface area (Å²) in [6.45, 7) is 6.86. The Morgan fingerprint density at radius 1 is 1.30 bits per heavy atom. The highest BCUT2D eigenvalue weighted by molar-refractivity contribution is 6.36. The predicted molar refractivity (Wildman–Crippen MR) is 146 cm³/mol. The Bertz CT molecular complexity index is 1460. The maximum Gasteiger partial charge on any atom is 0.130 e. The second kappa shape index (κ2) is 9.90. The van der Waals surface area contributed by atoms with Gasteiger partial charge in [0.05, 0.1) is 34.9 Å². The summed E-state index contributed by atoms with van der Waals surface area (Å²) in [6.07, 6.45) is 5.30. The van der Waals surface area contributed by atoms with Gasteiger partial charge in [0.15, 0.2) is 0 Å². The molecule has 192 valence electrons. The third kappa shape index (κ3) is 5.40. The number of fused-ring (bicyclic) bond motifs is 1. The van der Waals surface area contributed by atoms with Crippen LogP contribution >= 0.6 is 23.2 Å². The molecule has 0 saturated heterocycles. The van der Waals surface area contributed by atoms with Gasteiger partial charge in [0.1, 0.15) is 11.9 Å². The van der Waals surface area contributed by atoms with Gasteiger partial charge in [-0.1, -0.05) is 50.0 Å². The molecule has 2 heterocycles. The van der Waals surface area contributed by atoms with Crippen LogP contribution in [0.3, 0.4) is 0 Å². The second-order valence-electron chi connectivity index (χ2n) is 10.4. The summed E-state index contributed by atoms with van der Waals surface area (Å²) in [5, 5.41) is 19.2. The lowest BCUT2D eigenvalue weighted by Gasteiger charge is -2.24. The van der Waals surface area contributed by atoms with Crippen LogP contribution < -0.4 is 21.6 Å². The molecule has 1 saturated carbocycles. The van der Waals surface area contributed by atoms with Gasteiger partial charge in [0.2, 0.25) is 0 Å². The van der Waals surface area contributed by atoms with Gasteiger partial charge in [0, 0.05) is 46.6 Å². The molecule has 1 fully saturated rings. The Balaban J connectivity index is 1.64. The number of hydrogen-bond donors (Lipinski definition) is 4. The molecule has 1 aliphatic heterocycles. The normalized spacial score (nSPS) is 17.5. The van der Waals surface area contributed by atoms with Crippen LogP contribution in [0.25, 0.3) is 10.9 Å². The molecule has 3 aromatic rings. The monoisotopic (exact) mass is 540 g/mol. The van der Waals surface area contributed by atoms with Gasteiger partial charge < -0.3 is 16.1 Å². The SMILES string of the molecule is [2H][C@](Nc1cc(Cl)c2ncc(C#N)c(NCC(C)(C)C)c2c1)(C1=CN(C2CC2)NN1)c1c(F)cccc1Cl. The fourth-order valence-corrected chi connectivity index (χ4v) is 4.64. The Morgan fingerprint density at radius 3 is 2.76 bits per heavy atom. The van der Waals surface area contributed by atoms with Crippen molar-refractivity contribution in [3.8, 4) is 6.07 Å². The first kappa shape index (κ1) is 24.1. The number of benzene rings is 2. The van der Waals surface area contributed by atoms with Gasteiger partial charge in [-0.25, -0.2) is 4.39 Å². The van der Waals surface area contributed by atoms with Crippen LogP contribution in [0, 0.1) is 22.6 Å². The molecule has 10 heteroatoms. The van der Waals surface area contributed by atoms with E-state index in [9.17, 15) is 6.63 Å². The summed E-state index contributed by atoms with van der Waals surface area (Å²) in [5.41, 5.74) is 8.24. The molecule has 0 amide bonds. The van der Waals surface area contributed by atoms with Gasteiger partial charge in [-0.3, -0.25) is 9.99 Å². The lowest BCUT2D eigenvalue weighted by atomic mass is 9.96. The van der Waals surface area contributed by atoms with Crippen molar-refractivity contribution in [1.29, 1.82) is 5.26 Å². The molecule has 4 N–H and O–H groups in total. The number of hydrazine groups is 2. The summed E-state index contributed by atoms with van der Waals surface area (Å²) in [5.74, 6) is -0.625. The lowest BCUT2D eigenvalue weighted by Crippen LogP contribution is -2.38. The van der Waals surface area contributed by atoms with Gasteiger partial charge in [-0.05, 0) is 42.5 Å². The first-order valence-corrected chi connectivity index (χ1v) is 12.8. The van der Waals surface area contributed by atoms with E-state index in [0.29, 0.717) is 51.1 Å². The number of nitriles is 1. The molecule has 0 spiro atoms. The van der Waals surface area contributed by atoms with Crippen molar-refractivity contribution in [3.63, 3.8) is 0 Å². The number of rotatable bonds is 7. The number of nitrogens with zero attached hydrogens (tertiary/aromatic N) is 3. The zero-order valence-corrected chi connectivity index (χ0v) is 22.2. The molecule has 0 unspecified atom stereocenters. The predicted octanol–water partition coefficient (Wildman–Crippen LogP) is 6.49. The minimum atomic E-state index is -1.85. The zero-order chi connectivity index (χ0) is 27.2. The maximum absolute atomic E-state index is 15.3. The van der Waals surface area contributed by atoms with Crippen LogP contribution in [0.2, 0.25) is 10.0 Å². The first-order valence-electron chi connectivity index (χ1n) is 12.5. The van der Waals surface area contributed by atoms with Gasteiger partial charge in [-0.2, -0.15) is 5.26 Å². The van der Waals surface area contributed by atoms with Crippen molar-refractivity contribution >= 4 is 45.5 Å². The molecule has 7 nitrogen and oxygen atoms in total. The summed E-state index contributed by atoms with van der Waals surface area (Å²) >= 11 is 13.1. The number of hydrogen-bond acceptors (Lipinski definition) is 7. The molecular formula is C27H28Cl2FN7. The van der Waals surface area contributed by atoms with Gasteiger partial charge in [0.25, 0.3) is 0 Å². The van der Waals surface area contributed by atoms with E-state index >= 15 is 4.39 Å². The quantitative estimate of drug-likeness (QED) is 0.272. The van der Waals surface area contributed by atoms with E-state index < -0.39 is 11.8 Å². The molecule has 1 aromatic heterocycles. The average molecular weight is 541 g/mol. The van der Waals surface area contributed by atoms with E-state index in [1.54, 1.807) is 24.4 Å². The minimum absolute atomic E-state index is 0.0361. The Hall–Kier alpha value is -3.25. The van der Waals surface area contributed by atoms with E-state index in [1.165, 1.54) is 18.3 Å². The number of aromatic nitrogens is 1. The van der Waals surface area contributed by atoms with Crippen molar-refractivity contribution in [3.05, 3.63) is 75.4 Å². The highest BCUT2D eigenvalue weighted by Crippen LogP contribution is 2.39. The molecule has 2 aromatic carbocycles. The van der Waals surface area contributed by atoms with Crippen molar-refractivity contribution in [2.24, 2.45) is 5.41 Å². The third-order valence-corrected chi connectivity index (χ3v) is 6.72. The van der Waals surface area contributed by atoms with Crippen molar-refractivity contribution < 1.29 is 5.76 Å². The zero-order valence-electron chi connectivity index (χ0n) is 21.7. The molecule has 2 aliphatic rings. The largest absolute Gasteiger partial charge is 0.383 e. The standard InChI is InChI=1S/C27H28Cl2FN7/c1-27(2,3)14-33-24-15(11-31)12-32-25-18(24)9-16(10-20(25)29)34-26(23-19(28)5-4-6-21(23)30)22-13-37(36-35-22)17-7-8-17/h4-6,9-10,12-13,17,26,34-36H,7-8,14H2,1-3H3,(H,32,33)/t26-/m0/s1/i26D. The number of halogens is 3. The van der Waals surface area contributed by atoms with E-state index in [2.05, 4.69) is 53.4 Å². The Labute approximate surface area is 227 Å². The molecule has 37 heavy (non-hydrogen) atoms. The molecular weight excluding hydrogens is 512 g/mol. The number of pyridine rings is 1. The maximum atomic E-state index is 15.3. The van der Waals surface area contributed by atoms with Gasteiger partial charge >= 0.3 is 0 Å². The number of anilines is 2. The van der Waals surface area contributed by atoms with E-state index in [1.807, 2.05) is 5.01 Å². The van der Waals surface area contributed by atoms with Crippen molar-refractivity contribution in [1.82, 2.24) is 21.0 Å². The highest BCUT2D eigenvalue weighted by Gasteiger charge is 2.33. The fourth-order valence-electron chi connectivity index (χ4n) is 4.11. The van der Waals surface area contributed by atoms with Gasteiger partial charge in [-0.15, -0.1) is 5.53 Å². The molecule has 0 radical (unpaired) electrons.